The van der Waals surface area contributed by atoms with E-state index in [0.717, 1.165) is 12.6 Å². The lowest BCUT2D eigenvalue weighted by Crippen LogP contribution is -2.24. The zero-order valence-corrected chi connectivity index (χ0v) is 12.4. The monoisotopic (exact) mass is 265 g/mol. The third kappa shape index (κ3) is 3.10. The van der Waals surface area contributed by atoms with Crippen molar-refractivity contribution in [2.75, 3.05) is 6.54 Å². The van der Waals surface area contributed by atoms with Crippen molar-refractivity contribution >= 4 is 0 Å². The van der Waals surface area contributed by atoms with Gasteiger partial charge in [-0.1, -0.05) is 54.1 Å². The fraction of sp³-hybridized carbons (Fsp3) is 0.368. The van der Waals surface area contributed by atoms with E-state index in [2.05, 4.69) is 67.7 Å². The minimum atomic E-state index is 0.455. The Bertz CT molecular complexity index is 570. The van der Waals surface area contributed by atoms with E-state index in [1.807, 2.05) is 0 Å². The van der Waals surface area contributed by atoms with Gasteiger partial charge in [-0.3, -0.25) is 0 Å². The van der Waals surface area contributed by atoms with Crippen LogP contribution in [0.15, 0.2) is 48.5 Å². The lowest BCUT2D eigenvalue weighted by Gasteiger charge is -2.21. The van der Waals surface area contributed by atoms with Gasteiger partial charge in [0.1, 0.15) is 0 Å². The van der Waals surface area contributed by atoms with Crippen molar-refractivity contribution in [3.05, 3.63) is 70.8 Å². The average Bonchev–Trinajstić information content (AvgIpc) is 3.28. The molecule has 1 heteroatoms. The van der Waals surface area contributed by atoms with E-state index in [0.29, 0.717) is 5.92 Å². The number of nitrogens with one attached hydrogen (secondary N) is 1. The summed E-state index contributed by atoms with van der Waals surface area (Å²) in [7, 11) is 0. The summed E-state index contributed by atoms with van der Waals surface area (Å²) in [5.41, 5.74) is 5.61. The maximum absolute atomic E-state index is 3.70. The van der Waals surface area contributed by atoms with Gasteiger partial charge in [0, 0.05) is 18.5 Å². The van der Waals surface area contributed by atoms with Gasteiger partial charge in [-0.15, -0.1) is 0 Å². The fourth-order valence-electron chi connectivity index (χ4n) is 2.80. The van der Waals surface area contributed by atoms with Gasteiger partial charge in [0.15, 0.2) is 0 Å². The van der Waals surface area contributed by atoms with Crippen LogP contribution in [0.25, 0.3) is 0 Å². The maximum atomic E-state index is 3.70. The molecule has 0 heterocycles. The van der Waals surface area contributed by atoms with Crippen molar-refractivity contribution in [3.8, 4) is 0 Å². The van der Waals surface area contributed by atoms with Gasteiger partial charge in [0.25, 0.3) is 0 Å². The molecule has 3 rings (SSSR count). The second-order valence-electron chi connectivity index (χ2n) is 6.01. The summed E-state index contributed by atoms with van der Waals surface area (Å²) in [5, 5.41) is 3.70. The summed E-state index contributed by atoms with van der Waals surface area (Å²) in [6.07, 6.45) is 2.68. The molecule has 104 valence electrons. The molecule has 1 saturated carbocycles. The number of rotatable bonds is 5. The first-order chi connectivity index (χ1) is 9.74. The third-order valence-corrected chi connectivity index (χ3v) is 4.20. The average molecular weight is 265 g/mol. The van der Waals surface area contributed by atoms with Gasteiger partial charge >= 0.3 is 0 Å². The topological polar surface area (TPSA) is 12.0 Å². The Labute approximate surface area is 122 Å². The van der Waals surface area contributed by atoms with Crippen LogP contribution in [-0.2, 0) is 0 Å². The van der Waals surface area contributed by atoms with E-state index in [1.165, 1.54) is 35.1 Å². The SMILES string of the molecule is Cc1ccc(C)c(C(CNC2CC2)c2ccccc2)c1. The van der Waals surface area contributed by atoms with Crippen molar-refractivity contribution in [1.29, 1.82) is 0 Å². The van der Waals surface area contributed by atoms with Crippen molar-refractivity contribution in [2.45, 2.75) is 38.6 Å². The van der Waals surface area contributed by atoms with Crippen molar-refractivity contribution < 1.29 is 0 Å². The Kier molecular flexibility index (Phi) is 3.88. The summed E-state index contributed by atoms with van der Waals surface area (Å²) in [6, 6.07) is 18.4. The lowest BCUT2D eigenvalue weighted by atomic mass is 9.87. The summed E-state index contributed by atoms with van der Waals surface area (Å²) in [5.74, 6) is 0.455. The first-order valence-electron chi connectivity index (χ1n) is 7.59. The Morgan fingerprint density at radius 1 is 1.05 bits per heavy atom. The van der Waals surface area contributed by atoms with Crippen LogP contribution >= 0.6 is 0 Å². The first kappa shape index (κ1) is 13.4. The third-order valence-electron chi connectivity index (χ3n) is 4.20. The molecule has 1 atom stereocenters. The van der Waals surface area contributed by atoms with Crippen molar-refractivity contribution in [1.82, 2.24) is 5.32 Å². The van der Waals surface area contributed by atoms with E-state index in [4.69, 9.17) is 0 Å². The number of hydrogen-bond acceptors (Lipinski definition) is 1. The Morgan fingerprint density at radius 2 is 1.80 bits per heavy atom. The number of hydrogen-bond donors (Lipinski definition) is 1. The molecule has 1 aliphatic carbocycles. The maximum Gasteiger partial charge on any atom is 0.0217 e. The Hall–Kier alpha value is -1.60. The largest absolute Gasteiger partial charge is 0.313 e. The van der Waals surface area contributed by atoms with Crippen LogP contribution in [0, 0.1) is 13.8 Å². The lowest BCUT2D eigenvalue weighted by molar-refractivity contribution is 0.630. The van der Waals surface area contributed by atoms with Gasteiger partial charge in [0.2, 0.25) is 0 Å². The van der Waals surface area contributed by atoms with E-state index in [-0.39, 0.29) is 0 Å². The highest BCUT2D eigenvalue weighted by molar-refractivity contribution is 5.40. The highest BCUT2D eigenvalue weighted by atomic mass is 14.9. The van der Waals surface area contributed by atoms with E-state index in [1.54, 1.807) is 0 Å². The highest BCUT2D eigenvalue weighted by Crippen LogP contribution is 2.29. The van der Waals surface area contributed by atoms with E-state index < -0.39 is 0 Å². The molecule has 1 aliphatic rings. The van der Waals surface area contributed by atoms with Crippen LogP contribution in [0.2, 0.25) is 0 Å². The fourth-order valence-corrected chi connectivity index (χ4v) is 2.80. The molecule has 1 nitrogen and oxygen atoms in total. The minimum Gasteiger partial charge on any atom is -0.313 e. The zero-order chi connectivity index (χ0) is 13.9. The molecule has 0 bridgehead atoms. The van der Waals surface area contributed by atoms with E-state index in [9.17, 15) is 0 Å². The zero-order valence-electron chi connectivity index (χ0n) is 12.4. The summed E-state index contributed by atoms with van der Waals surface area (Å²) in [6.45, 7) is 5.44. The van der Waals surface area contributed by atoms with Crippen molar-refractivity contribution in [3.63, 3.8) is 0 Å². The molecule has 0 radical (unpaired) electrons. The molecule has 1 N–H and O–H groups in total. The quantitative estimate of drug-likeness (QED) is 0.855. The number of benzene rings is 2. The Balaban J connectivity index is 1.92. The molecule has 2 aromatic rings. The molecule has 1 unspecified atom stereocenters. The predicted octanol–water partition coefficient (Wildman–Crippen LogP) is 4.19. The van der Waals surface area contributed by atoms with Crippen LogP contribution in [-0.4, -0.2) is 12.6 Å². The second kappa shape index (κ2) is 5.80. The summed E-state index contributed by atoms with van der Waals surface area (Å²) >= 11 is 0. The van der Waals surface area contributed by atoms with Crippen molar-refractivity contribution in [2.24, 2.45) is 0 Å². The van der Waals surface area contributed by atoms with Crippen LogP contribution in [0.1, 0.15) is 41.0 Å². The molecule has 0 spiro atoms. The molecular formula is C19H23N. The van der Waals surface area contributed by atoms with Crippen LogP contribution in [0.5, 0.6) is 0 Å². The van der Waals surface area contributed by atoms with Crippen LogP contribution in [0.4, 0.5) is 0 Å². The van der Waals surface area contributed by atoms with Gasteiger partial charge in [-0.25, -0.2) is 0 Å². The van der Waals surface area contributed by atoms with Crippen LogP contribution in [0.3, 0.4) is 0 Å². The van der Waals surface area contributed by atoms with E-state index >= 15 is 0 Å². The van der Waals surface area contributed by atoms with Gasteiger partial charge in [0.05, 0.1) is 0 Å². The Morgan fingerprint density at radius 3 is 2.50 bits per heavy atom. The summed E-state index contributed by atoms with van der Waals surface area (Å²) < 4.78 is 0. The smallest absolute Gasteiger partial charge is 0.0217 e. The van der Waals surface area contributed by atoms with Gasteiger partial charge in [-0.05, 0) is 43.4 Å². The van der Waals surface area contributed by atoms with Gasteiger partial charge in [-0.2, -0.15) is 0 Å². The molecule has 1 fully saturated rings. The molecular weight excluding hydrogens is 242 g/mol. The van der Waals surface area contributed by atoms with Gasteiger partial charge < -0.3 is 5.32 Å². The molecule has 0 saturated heterocycles. The molecule has 0 aromatic heterocycles. The highest BCUT2D eigenvalue weighted by Gasteiger charge is 2.23. The first-order valence-corrected chi connectivity index (χ1v) is 7.59. The molecule has 2 aromatic carbocycles. The molecule has 0 aliphatic heterocycles. The minimum absolute atomic E-state index is 0.455. The summed E-state index contributed by atoms with van der Waals surface area (Å²) in [4.78, 5) is 0. The number of aryl methyl sites for hydroxylation is 2. The normalized spacial score (nSPS) is 16.1. The molecule has 0 amide bonds. The molecule has 20 heavy (non-hydrogen) atoms. The van der Waals surface area contributed by atoms with Crippen LogP contribution < -0.4 is 5.32 Å². The second-order valence-corrected chi connectivity index (χ2v) is 6.01. The standard InChI is InChI=1S/C19H23N/c1-14-8-9-15(2)18(12-14)19(13-20-17-10-11-17)16-6-4-3-5-7-16/h3-9,12,17,19-20H,10-11,13H2,1-2H3. The predicted molar refractivity (Wildman–Crippen MR) is 85.2 cm³/mol.